The summed E-state index contributed by atoms with van der Waals surface area (Å²) >= 11 is 3.07. The molecule has 4 N–H and O–H groups in total. The van der Waals surface area contributed by atoms with Gasteiger partial charge in [0.1, 0.15) is 67.3 Å². The fourth-order valence-corrected chi connectivity index (χ4v) is 13.6. The van der Waals surface area contributed by atoms with Gasteiger partial charge in [0.25, 0.3) is 0 Å². The average Bonchev–Trinajstić information content (AvgIpc) is 1.44. The zero-order valence-electron chi connectivity index (χ0n) is 69.1. The number of carbonyl (C=O) groups is 3. The first kappa shape index (κ1) is 87.3. The molecule has 0 bridgehead atoms. The number of ketones is 1. The normalized spacial score (nSPS) is 12.3. The van der Waals surface area contributed by atoms with Crippen molar-refractivity contribution in [2.24, 2.45) is 0 Å². The Bertz CT molecular complexity index is 6400. The van der Waals surface area contributed by atoms with Gasteiger partial charge >= 0.3 is 29.9 Å². The number of pyridine rings is 6. The summed E-state index contributed by atoms with van der Waals surface area (Å²) in [7, 11) is 0. The number of imidazole rings is 3. The van der Waals surface area contributed by atoms with Crippen molar-refractivity contribution in [2.45, 2.75) is 126 Å². The number of benzene rings is 4. The number of aryl methyl sites for hydroxylation is 7. The fourth-order valence-electron chi connectivity index (χ4n) is 13.4. The Kier molecular flexibility index (Phi) is 26.3. The minimum absolute atomic E-state index is 0. The molecule has 0 amide bonds. The number of halogens is 4. The highest BCUT2D eigenvalue weighted by Crippen LogP contribution is 2.45. The Morgan fingerprint density at radius 1 is 0.484 bits per heavy atom. The van der Waals surface area contributed by atoms with Crippen LogP contribution in [0.25, 0.3) is 66.5 Å². The van der Waals surface area contributed by atoms with Crippen molar-refractivity contribution in [3.8, 4) is 45.4 Å². The van der Waals surface area contributed by atoms with Gasteiger partial charge < -0.3 is 52.7 Å². The number of H-pyrrole nitrogens is 2. The maximum absolute atomic E-state index is 14.0. The first-order valence-corrected chi connectivity index (χ1v) is 39.1. The summed E-state index contributed by atoms with van der Waals surface area (Å²) in [5.74, 6) is -0.0541. The van der Waals surface area contributed by atoms with Gasteiger partial charge in [0, 0.05) is 47.8 Å². The Labute approximate surface area is 706 Å². The predicted octanol–water partition coefficient (Wildman–Crippen LogP) is 18.4. The van der Waals surface area contributed by atoms with E-state index in [-0.39, 0.29) is 83.4 Å². The molecule has 32 heteroatoms. The first-order chi connectivity index (χ1) is 58.1. The lowest BCUT2D eigenvalue weighted by molar-refractivity contribution is 0.0515. The van der Waals surface area contributed by atoms with Crippen molar-refractivity contribution in [3.63, 3.8) is 0 Å². The van der Waals surface area contributed by atoms with Crippen LogP contribution in [0.5, 0.6) is 12.0 Å². The number of hydrogen-bond donors (Lipinski definition) is 4. The van der Waals surface area contributed by atoms with Gasteiger partial charge in [-0.2, -0.15) is 19.1 Å². The van der Waals surface area contributed by atoms with Gasteiger partial charge in [-0.05, 0) is 246 Å². The molecule has 0 saturated carbocycles. The molecule has 2 atom stereocenters. The number of nitrogens with zero attached hydrogens (tertiary/aromatic N) is 13. The minimum Gasteiger partial charge on any atom is -0.465 e. The Morgan fingerprint density at radius 3 is 1.30 bits per heavy atom. The standard InChI is InChI=1S/C30H30FN5O5.C25H26N4O5.C23H18FN5O3.C7H8.C5H3BrFN.H2/c1-7-39-27-34-26-21(30(38,23-10-8-9-13-32-23)24-12-11-20(31)16-33-24)14-19(25-17(2)35-41-18(25)3)15-22(26)36(27)28(37)40-29(4,5)6;1-7-32-23-27-21-17(22(30)18-10-8-9-11-26-18)12-16(20-14(2)28-34-15(20)3)13-19(21)29(23)24(31)33-25(4,5)6;1-12-20(13(2)32-29-12)14-9-16(21-17(10-14)27-22(30)28-21)23(31,18-5-3-4-8-25-18)19-7-6-15(24)11-26-19;1-7-5-3-2-4-6-7;6-5-2-1-4(7)3-8-5;/h8-16,38H,7H2,1-6H3;8-13H,7H2,1-6H3;3-11,31H,1-2H3,(H2,27,28,30);2-6H,1H3;1-3H;1H/i;;;;;1+1. The van der Waals surface area contributed by atoms with E-state index >= 15 is 0 Å². The fraction of sp³-hybridized carbons (Fsp3) is 0.233. The maximum atomic E-state index is 14.0. The third-order valence-electron chi connectivity index (χ3n) is 18.6. The number of hydrogen-bond acceptors (Lipinski definition) is 24. The zero-order valence-corrected chi connectivity index (χ0v) is 70.7. The lowest BCUT2D eigenvalue weighted by Crippen LogP contribution is -2.32. The maximum Gasteiger partial charge on any atom is 0.423 e. The van der Waals surface area contributed by atoms with E-state index in [1.807, 2.05) is 32.0 Å². The predicted molar refractivity (Wildman–Crippen MR) is 453 cm³/mol. The number of aromatic amines is 2. The van der Waals surface area contributed by atoms with E-state index in [4.69, 9.17) is 32.5 Å². The van der Waals surface area contributed by atoms with Crippen LogP contribution in [0.15, 0.2) is 218 Å². The lowest BCUT2D eigenvalue weighted by atomic mass is 9.83. The van der Waals surface area contributed by atoms with Crippen LogP contribution < -0.4 is 15.2 Å². The Morgan fingerprint density at radius 2 is 0.902 bits per heavy atom. The molecular formula is C90H87BrF3N15O13. The lowest BCUT2D eigenvalue weighted by Gasteiger charge is -2.28. The number of ether oxygens (including phenoxy) is 4. The largest absolute Gasteiger partial charge is 0.465 e. The molecule has 628 valence electrons. The van der Waals surface area contributed by atoms with Crippen molar-refractivity contribution in [2.75, 3.05) is 13.2 Å². The van der Waals surface area contributed by atoms with Crippen molar-refractivity contribution in [3.05, 3.63) is 313 Å². The molecule has 0 radical (unpaired) electrons. The molecule has 122 heavy (non-hydrogen) atoms. The molecule has 12 heterocycles. The van der Waals surface area contributed by atoms with Gasteiger partial charge in [0.15, 0.2) is 11.2 Å². The number of aliphatic hydroxyl groups is 2. The summed E-state index contributed by atoms with van der Waals surface area (Å²) in [6.45, 7) is 27.4. The van der Waals surface area contributed by atoms with Crippen LogP contribution in [0.3, 0.4) is 0 Å². The quantitative estimate of drug-likeness (QED) is 0.0547. The Balaban J connectivity index is 0.000000165. The van der Waals surface area contributed by atoms with Gasteiger partial charge in [0.05, 0.1) is 99.3 Å². The first-order valence-electron chi connectivity index (χ1n) is 38.3. The molecule has 4 aromatic carbocycles. The summed E-state index contributed by atoms with van der Waals surface area (Å²) in [5.41, 5.74) is 5.20. The molecule has 16 rings (SSSR count). The van der Waals surface area contributed by atoms with E-state index in [1.165, 1.54) is 51.2 Å². The van der Waals surface area contributed by atoms with E-state index in [0.717, 1.165) is 29.7 Å². The SMILES string of the molecule is CCOc1nc2c(C(=O)c3ccccn3)cc(-c3c(C)noc3C)cc2n1C(=O)OC(C)(C)C.CCOc1nc2c(C(O)(c3ccccn3)c3ccc(F)cn3)cc(-c3c(C)noc3C)cc2n1C(=O)OC(C)(C)C.Cc1ccccc1.Cc1noc(C)c1-c1cc(C(O)(c2ccccn2)c2ccc(F)cn2)c2[nH]c(=O)[nH]c2c1.Fc1ccc(Br)nc1.[2HH]. The highest BCUT2D eigenvalue weighted by atomic mass is 79.9. The van der Waals surface area contributed by atoms with Gasteiger partial charge in [-0.15, -0.1) is 0 Å². The molecule has 0 saturated heterocycles. The van der Waals surface area contributed by atoms with Crippen LogP contribution >= 0.6 is 15.9 Å². The van der Waals surface area contributed by atoms with Crippen molar-refractivity contribution < 1.29 is 71.7 Å². The van der Waals surface area contributed by atoms with Crippen LogP contribution in [-0.2, 0) is 20.7 Å². The smallest absolute Gasteiger partial charge is 0.423 e. The number of aromatic nitrogens is 15. The number of carbonyl (C=O) groups excluding carboxylic acids is 3. The minimum atomic E-state index is -2.03. The van der Waals surface area contributed by atoms with E-state index in [2.05, 4.69) is 100 Å². The number of nitrogens with one attached hydrogen (secondary N) is 2. The summed E-state index contributed by atoms with van der Waals surface area (Å²) in [6, 6.07) is 44.1. The van der Waals surface area contributed by atoms with Crippen molar-refractivity contribution in [1.29, 1.82) is 0 Å². The van der Waals surface area contributed by atoms with Gasteiger partial charge in [-0.25, -0.2) is 32.5 Å². The highest BCUT2D eigenvalue weighted by Gasteiger charge is 2.43. The third kappa shape index (κ3) is 19.2. The van der Waals surface area contributed by atoms with Crippen molar-refractivity contribution >= 4 is 67.0 Å². The molecule has 0 spiro atoms. The van der Waals surface area contributed by atoms with Crippen molar-refractivity contribution in [1.82, 2.24) is 74.4 Å². The topological polar surface area (TPSA) is 368 Å². The second kappa shape index (κ2) is 36.7. The van der Waals surface area contributed by atoms with E-state index in [0.29, 0.717) is 94.4 Å². The molecule has 28 nitrogen and oxygen atoms in total. The monoisotopic (exact) mass is 1720 g/mol. The van der Waals surface area contributed by atoms with Crippen LogP contribution in [0.2, 0.25) is 0 Å². The van der Waals surface area contributed by atoms with Gasteiger partial charge in [-0.1, -0.05) is 69.6 Å². The van der Waals surface area contributed by atoms with Crippen LogP contribution in [0, 0.1) is 65.9 Å². The molecule has 16 aromatic rings. The number of rotatable bonds is 15. The van der Waals surface area contributed by atoms with E-state index < -0.39 is 51.9 Å². The molecule has 0 aliphatic carbocycles. The summed E-state index contributed by atoms with van der Waals surface area (Å²) in [6.07, 6.45) is 6.44. The summed E-state index contributed by atoms with van der Waals surface area (Å²) < 4.78 is 81.6. The highest BCUT2D eigenvalue weighted by molar-refractivity contribution is 9.10. The molecule has 0 aliphatic rings. The van der Waals surface area contributed by atoms with E-state index in [1.54, 1.807) is 193 Å². The second-order valence-corrected chi connectivity index (χ2v) is 30.6. The molecule has 2 unspecified atom stereocenters. The molecule has 0 aliphatic heterocycles. The van der Waals surface area contributed by atoms with Crippen LogP contribution in [0.1, 0.15) is 147 Å². The van der Waals surface area contributed by atoms with E-state index in [9.17, 15) is 42.6 Å². The third-order valence-corrected chi connectivity index (χ3v) is 19.0. The van der Waals surface area contributed by atoms with Gasteiger partial charge in [0.2, 0.25) is 5.78 Å². The average molecular weight is 1720 g/mol. The molecule has 0 fully saturated rings. The van der Waals surface area contributed by atoms with Crippen LogP contribution in [0.4, 0.5) is 22.8 Å². The second-order valence-electron chi connectivity index (χ2n) is 29.8. The summed E-state index contributed by atoms with van der Waals surface area (Å²) in [4.78, 5) is 92.2. The number of fused-ring (bicyclic) bond motifs is 3. The van der Waals surface area contributed by atoms with Crippen LogP contribution in [-0.4, -0.2) is 127 Å². The van der Waals surface area contributed by atoms with Gasteiger partial charge in [-0.3, -0.25) is 29.7 Å². The Hall–Kier alpha value is -14.0. The summed E-state index contributed by atoms with van der Waals surface area (Å²) in [5, 5.41) is 36.9. The molecule has 12 aromatic heterocycles. The molecular weight excluding hydrogens is 1640 g/mol. The zero-order chi connectivity index (χ0) is 87.7.